The minimum Gasteiger partial charge on any atom is -0.478 e. The lowest BCUT2D eigenvalue weighted by Crippen LogP contribution is -2.33. The molecule has 1 fully saturated rings. The number of nitrogens with zero attached hydrogens (tertiary/aromatic N) is 1. The molecule has 4 heteroatoms. The van der Waals surface area contributed by atoms with Crippen molar-refractivity contribution in [3.8, 4) is 0 Å². The van der Waals surface area contributed by atoms with Crippen molar-refractivity contribution in [3.05, 3.63) is 0 Å². The van der Waals surface area contributed by atoms with Crippen LogP contribution < -0.4 is 5.32 Å². The molecule has 56 valence electrons. The molecule has 0 aromatic rings. The van der Waals surface area contributed by atoms with E-state index in [0.29, 0.717) is 13.3 Å². The minimum atomic E-state index is 0.211. The lowest BCUT2D eigenvalue weighted by Gasteiger charge is -2.06. The predicted octanol–water partition coefficient (Wildman–Crippen LogP) is -0.639. The van der Waals surface area contributed by atoms with Gasteiger partial charge in [0.1, 0.15) is 12.6 Å². The molecule has 4 nitrogen and oxygen atoms in total. The molecule has 2 aliphatic rings. The Hall–Kier alpha value is -0.610. The molecule has 0 amide bonds. The molecule has 2 aliphatic heterocycles. The molecule has 2 heterocycles. The number of hydrogen-bond acceptors (Lipinski definition) is 4. The van der Waals surface area contributed by atoms with Crippen molar-refractivity contribution in [2.75, 3.05) is 26.5 Å². The Balaban J connectivity index is 1.97. The van der Waals surface area contributed by atoms with E-state index in [1.54, 1.807) is 0 Å². The van der Waals surface area contributed by atoms with Crippen LogP contribution >= 0.6 is 0 Å². The van der Waals surface area contributed by atoms with Gasteiger partial charge in [-0.25, -0.2) is 0 Å². The summed E-state index contributed by atoms with van der Waals surface area (Å²) < 4.78 is 10.3. The van der Waals surface area contributed by atoms with Crippen LogP contribution in [-0.4, -0.2) is 38.4 Å². The lowest BCUT2D eigenvalue weighted by atomic mass is 10.3. The van der Waals surface area contributed by atoms with Crippen molar-refractivity contribution < 1.29 is 9.47 Å². The molecular formula is C6H10N2O2. The molecule has 0 bridgehead atoms. The standard InChI is InChI=1S/C6H10N2O2/c1-2-10-6(7-1)5-3-9-4-8-5/h5,8H,1-4H2. The summed E-state index contributed by atoms with van der Waals surface area (Å²) in [5.74, 6) is 0.817. The molecule has 2 rings (SSSR count). The Kier molecular flexibility index (Phi) is 1.56. The zero-order chi connectivity index (χ0) is 6.81. The van der Waals surface area contributed by atoms with Crippen molar-refractivity contribution in [2.45, 2.75) is 6.04 Å². The average Bonchev–Trinajstić information content (AvgIpc) is 2.59. The predicted molar refractivity (Wildman–Crippen MR) is 36.0 cm³/mol. The summed E-state index contributed by atoms with van der Waals surface area (Å²) in [6.07, 6.45) is 0. The molecule has 0 aliphatic carbocycles. The quantitative estimate of drug-likeness (QED) is 0.529. The molecule has 1 saturated heterocycles. The summed E-state index contributed by atoms with van der Waals surface area (Å²) in [6.45, 7) is 2.84. The van der Waals surface area contributed by atoms with Gasteiger partial charge in [-0.3, -0.25) is 10.3 Å². The normalized spacial score (nSPS) is 32.0. The molecular weight excluding hydrogens is 132 g/mol. The summed E-state index contributed by atoms with van der Waals surface area (Å²) in [6, 6.07) is 0.211. The average molecular weight is 142 g/mol. The Morgan fingerprint density at radius 1 is 1.60 bits per heavy atom. The molecule has 0 spiro atoms. The highest BCUT2D eigenvalue weighted by atomic mass is 16.5. The van der Waals surface area contributed by atoms with Crippen LogP contribution in [0.5, 0.6) is 0 Å². The summed E-state index contributed by atoms with van der Waals surface area (Å²) >= 11 is 0. The van der Waals surface area contributed by atoms with Gasteiger partial charge in [0.25, 0.3) is 0 Å². The van der Waals surface area contributed by atoms with Crippen LogP contribution in [0.3, 0.4) is 0 Å². The van der Waals surface area contributed by atoms with Gasteiger partial charge in [0.05, 0.1) is 19.9 Å². The first-order chi connectivity index (χ1) is 4.97. The number of aliphatic imine (C=N–C) groups is 1. The van der Waals surface area contributed by atoms with Crippen LogP contribution in [0.15, 0.2) is 4.99 Å². The van der Waals surface area contributed by atoms with Gasteiger partial charge in [-0.2, -0.15) is 0 Å². The maximum absolute atomic E-state index is 5.24. The summed E-state index contributed by atoms with van der Waals surface area (Å²) in [4.78, 5) is 4.17. The van der Waals surface area contributed by atoms with E-state index in [1.807, 2.05) is 0 Å². The van der Waals surface area contributed by atoms with E-state index in [4.69, 9.17) is 9.47 Å². The smallest absolute Gasteiger partial charge is 0.203 e. The molecule has 0 radical (unpaired) electrons. The maximum atomic E-state index is 5.24. The van der Waals surface area contributed by atoms with E-state index < -0.39 is 0 Å². The van der Waals surface area contributed by atoms with Gasteiger partial charge in [0.2, 0.25) is 5.90 Å². The number of ether oxygens (including phenoxy) is 2. The topological polar surface area (TPSA) is 42.9 Å². The highest BCUT2D eigenvalue weighted by Crippen LogP contribution is 2.03. The summed E-state index contributed by atoms with van der Waals surface area (Å²) in [7, 11) is 0. The summed E-state index contributed by atoms with van der Waals surface area (Å²) in [5, 5.41) is 3.12. The Morgan fingerprint density at radius 3 is 3.20 bits per heavy atom. The monoisotopic (exact) mass is 142 g/mol. The minimum absolute atomic E-state index is 0.211. The van der Waals surface area contributed by atoms with E-state index in [9.17, 15) is 0 Å². The van der Waals surface area contributed by atoms with Crippen LogP contribution in [-0.2, 0) is 9.47 Å². The second-order valence-electron chi connectivity index (χ2n) is 2.34. The highest BCUT2D eigenvalue weighted by molar-refractivity contribution is 5.83. The SMILES string of the molecule is C1COC(C2COCN2)=N1. The molecule has 0 saturated carbocycles. The van der Waals surface area contributed by atoms with Crippen LogP contribution in [0.2, 0.25) is 0 Å². The number of hydrogen-bond donors (Lipinski definition) is 1. The van der Waals surface area contributed by atoms with E-state index >= 15 is 0 Å². The summed E-state index contributed by atoms with van der Waals surface area (Å²) in [5.41, 5.74) is 0. The van der Waals surface area contributed by atoms with Crippen LogP contribution in [0.25, 0.3) is 0 Å². The second-order valence-corrected chi connectivity index (χ2v) is 2.34. The zero-order valence-corrected chi connectivity index (χ0v) is 5.67. The molecule has 10 heavy (non-hydrogen) atoms. The van der Waals surface area contributed by atoms with Crippen LogP contribution in [0, 0.1) is 0 Å². The van der Waals surface area contributed by atoms with Gasteiger partial charge in [-0.05, 0) is 0 Å². The van der Waals surface area contributed by atoms with Crippen molar-refractivity contribution in [1.82, 2.24) is 5.32 Å². The van der Waals surface area contributed by atoms with Gasteiger partial charge in [0.15, 0.2) is 0 Å². The molecule has 1 unspecified atom stereocenters. The Bertz CT molecular complexity index is 152. The van der Waals surface area contributed by atoms with Crippen LogP contribution in [0.4, 0.5) is 0 Å². The first-order valence-electron chi connectivity index (χ1n) is 3.45. The van der Waals surface area contributed by atoms with Crippen molar-refractivity contribution in [2.24, 2.45) is 4.99 Å². The fourth-order valence-corrected chi connectivity index (χ4v) is 1.12. The molecule has 0 aromatic heterocycles. The van der Waals surface area contributed by atoms with Gasteiger partial charge in [0, 0.05) is 0 Å². The number of rotatable bonds is 1. The lowest BCUT2D eigenvalue weighted by molar-refractivity contribution is 0.191. The second kappa shape index (κ2) is 2.56. The van der Waals surface area contributed by atoms with E-state index in [1.165, 1.54) is 0 Å². The van der Waals surface area contributed by atoms with Gasteiger partial charge >= 0.3 is 0 Å². The third-order valence-electron chi connectivity index (χ3n) is 1.62. The first-order valence-corrected chi connectivity index (χ1v) is 3.45. The molecule has 1 atom stereocenters. The van der Waals surface area contributed by atoms with E-state index in [2.05, 4.69) is 10.3 Å². The first kappa shape index (κ1) is 6.12. The Morgan fingerprint density at radius 2 is 2.60 bits per heavy atom. The number of nitrogens with one attached hydrogen (secondary N) is 1. The Labute approximate surface area is 59.2 Å². The third kappa shape index (κ3) is 0.998. The maximum Gasteiger partial charge on any atom is 0.203 e. The van der Waals surface area contributed by atoms with E-state index in [0.717, 1.165) is 19.0 Å². The highest BCUT2D eigenvalue weighted by Gasteiger charge is 2.23. The van der Waals surface area contributed by atoms with Crippen molar-refractivity contribution in [3.63, 3.8) is 0 Å². The van der Waals surface area contributed by atoms with E-state index in [-0.39, 0.29) is 6.04 Å². The fraction of sp³-hybridized carbons (Fsp3) is 0.833. The third-order valence-corrected chi connectivity index (χ3v) is 1.62. The zero-order valence-electron chi connectivity index (χ0n) is 5.67. The van der Waals surface area contributed by atoms with Gasteiger partial charge in [-0.15, -0.1) is 0 Å². The molecule has 1 N–H and O–H groups in total. The van der Waals surface area contributed by atoms with Crippen LogP contribution in [0.1, 0.15) is 0 Å². The molecule has 0 aromatic carbocycles. The van der Waals surface area contributed by atoms with Gasteiger partial charge < -0.3 is 9.47 Å². The van der Waals surface area contributed by atoms with Crippen molar-refractivity contribution >= 4 is 5.90 Å². The van der Waals surface area contributed by atoms with Crippen molar-refractivity contribution in [1.29, 1.82) is 0 Å². The fourth-order valence-electron chi connectivity index (χ4n) is 1.12. The van der Waals surface area contributed by atoms with Gasteiger partial charge in [-0.1, -0.05) is 0 Å². The largest absolute Gasteiger partial charge is 0.478 e.